The van der Waals surface area contributed by atoms with E-state index in [2.05, 4.69) is 51.3 Å². The lowest BCUT2D eigenvalue weighted by Gasteiger charge is -2.44. The van der Waals surface area contributed by atoms with Gasteiger partial charge in [-0.2, -0.15) is 0 Å². The molecule has 1 amide bonds. The molecule has 2 heterocycles. The Kier molecular flexibility index (Phi) is 5.51. The quantitative estimate of drug-likeness (QED) is 0.878. The van der Waals surface area contributed by atoms with Gasteiger partial charge in [0.05, 0.1) is 0 Å². The Labute approximate surface area is 167 Å². The zero-order valence-electron chi connectivity index (χ0n) is 16.7. The third-order valence-corrected chi connectivity index (χ3v) is 6.09. The van der Waals surface area contributed by atoms with Gasteiger partial charge in [0, 0.05) is 38.1 Å². The first kappa shape index (κ1) is 18.8. The van der Waals surface area contributed by atoms with Crippen LogP contribution in [0, 0.1) is 6.92 Å². The molecule has 1 saturated heterocycles. The molecule has 0 atom stereocenters. The van der Waals surface area contributed by atoms with Gasteiger partial charge in [0.2, 0.25) is 5.91 Å². The lowest BCUT2D eigenvalue weighted by Crippen LogP contribution is -2.59. The summed E-state index contributed by atoms with van der Waals surface area (Å²) in [6, 6.07) is 14.4. The number of hydrogen-bond acceptors (Lipinski definition) is 4. The zero-order chi connectivity index (χ0) is 19.4. The molecule has 5 nitrogen and oxygen atoms in total. The second-order valence-electron chi connectivity index (χ2n) is 8.10. The Morgan fingerprint density at radius 1 is 0.964 bits per heavy atom. The van der Waals surface area contributed by atoms with Crippen LogP contribution in [0.5, 0.6) is 0 Å². The van der Waals surface area contributed by atoms with Crippen LogP contribution in [0.3, 0.4) is 0 Å². The minimum atomic E-state index is -0.458. The van der Waals surface area contributed by atoms with Gasteiger partial charge in [-0.15, -0.1) is 0 Å². The highest BCUT2D eigenvalue weighted by molar-refractivity contribution is 5.90. The molecule has 1 N–H and O–H groups in total. The summed E-state index contributed by atoms with van der Waals surface area (Å²) in [7, 11) is 0. The highest BCUT2D eigenvalue weighted by Gasteiger charge is 2.42. The molecule has 28 heavy (non-hydrogen) atoms. The molecule has 1 aromatic carbocycles. The summed E-state index contributed by atoms with van der Waals surface area (Å²) in [6.07, 6.45) is 7.10. The van der Waals surface area contributed by atoms with Gasteiger partial charge in [0.15, 0.2) is 0 Å². The van der Waals surface area contributed by atoms with Crippen molar-refractivity contribution in [1.29, 1.82) is 0 Å². The number of aromatic nitrogens is 1. The van der Waals surface area contributed by atoms with E-state index < -0.39 is 5.54 Å². The van der Waals surface area contributed by atoms with E-state index >= 15 is 0 Å². The third kappa shape index (κ3) is 3.98. The van der Waals surface area contributed by atoms with Crippen LogP contribution in [0.25, 0.3) is 0 Å². The highest BCUT2D eigenvalue weighted by atomic mass is 16.2. The fourth-order valence-corrected chi connectivity index (χ4v) is 4.44. The van der Waals surface area contributed by atoms with Crippen molar-refractivity contribution in [2.75, 3.05) is 36.4 Å². The first-order valence-electron chi connectivity index (χ1n) is 10.5. The summed E-state index contributed by atoms with van der Waals surface area (Å²) < 4.78 is 0. The molecular formula is C23H30N4O. The number of anilines is 2. The van der Waals surface area contributed by atoms with Gasteiger partial charge < -0.3 is 15.1 Å². The lowest BCUT2D eigenvalue weighted by molar-refractivity contribution is -0.137. The number of nitrogens with one attached hydrogen (secondary N) is 1. The smallest absolute Gasteiger partial charge is 0.248 e. The number of piperazine rings is 1. The number of aryl methyl sites for hydroxylation is 1. The van der Waals surface area contributed by atoms with Crippen molar-refractivity contribution in [1.82, 2.24) is 9.88 Å². The normalized spacial score (nSPS) is 19.3. The molecule has 0 spiro atoms. The number of amides is 1. The van der Waals surface area contributed by atoms with Crippen molar-refractivity contribution in [3.8, 4) is 0 Å². The number of rotatable bonds is 4. The minimum Gasteiger partial charge on any atom is -0.371 e. The highest BCUT2D eigenvalue weighted by Crippen LogP contribution is 2.34. The van der Waals surface area contributed by atoms with Crippen molar-refractivity contribution in [3.05, 3.63) is 54.2 Å². The second kappa shape index (κ2) is 8.21. The summed E-state index contributed by atoms with van der Waals surface area (Å²) in [5.41, 5.74) is 1.83. The maximum atomic E-state index is 13.6. The van der Waals surface area contributed by atoms with Crippen LogP contribution in [-0.2, 0) is 4.79 Å². The summed E-state index contributed by atoms with van der Waals surface area (Å²) in [6.45, 7) is 5.28. The van der Waals surface area contributed by atoms with Crippen molar-refractivity contribution in [2.45, 2.75) is 44.6 Å². The van der Waals surface area contributed by atoms with E-state index in [0.717, 1.165) is 63.4 Å². The van der Waals surface area contributed by atoms with Crippen LogP contribution >= 0.6 is 0 Å². The molecule has 0 unspecified atom stereocenters. The fraction of sp³-hybridized carbons (Fsp3) is 0.478. The van der Waals surface area contributed by atoms with E-state index in [1.54, 1.807) is 0 Å². The topological polar surface area (TPSA) is 48.5 Å². The molecule has 1 aliphatic carbocycles. The fourth-order valence-electron chi connectivity index (χ4n) is 4.44. The Balaban J connectivity index is 1.46. The number of benzene rings is 1. The summed E-state index contributed by atoms with van der Waals surface area (Å²) >= 11 is 0. The molecule has 0 bridgehead atoms. The number of hydrogen-bond donors (Lipinski definition) is 1. The van der Waals surface area contributed by atoms with Gasteiger partial charge >= 0.3 is 0 Å². The number of carbonyl (C=O) groups is 1. The Morgan fingerprint density at radius 3 is 2.32 bits per heavy atom. The molecule has 0 radical (unpaired) electrons. The molecule has 148 valence electrons. The first-order chi connectivity index (χ1) is 13.7. The Hall–Kier alpha value is -2.56. The van der Waals surface area contributed by atoms with Crippen LogP contribution in [0.4, 0.5) is 11.5 Å². The summed E-state index contributed by atoms with van der Waals surface area (Å²) in [5, 5.41) is 3.64. The predicted octanol–water partition coefficient (Wildman–Crippen LogP) is 3.85. The van der Waals surface area contributed by atoms with Gasteiger partial charge in [0.1, 0.15) is 11.4 Å². The maximum absolute atomic E-state index is 13.6. The van der Waals surface area contributed by atoms with Gasteiger partial charge in [-0.3, -0.25) is 4.79 Å². The number of carbonyl (C=O) groups excluding carboxylic acids is 1. The number of nitrogens with zero attached hydrogens (tertiary/aromatic N) is 3. The van der Waals surface area contributed by atoms with Crippen LogP contribution in [0.2, 0.25) is 0 Å². The molecule has 2 aromatic rings. The molecule has 1 aromatic heterocycles. The van der Waals surface area contributed by atoms with Gasteiger partial charge in [-0.1, -0.05) is 43.0 Å². The maximum Gasteiger partial charge on any atom is 0.248 e. The number of pyridine rings is 1. The van der Waals surface area contributed by atoms with Gasteiger partial charge in [-0.05, 0) is 44.0 Å². The van der Waals surface area contributed by atoms with Crippen molar-refractivity contribution in [3.63, 3.8) is 0 Å². The molecule has 4 rings (SSSR count). The van der Waals surface area contributed by atoms with E-state index in [0.29, 0.717) is 0 Å². The van der Waals surface area contributed by atoms with Crippen molar-refractivity contribution >= 4 is 17.4 Å². The van der Waals surface area contributed by atoms with E-state index in [1.165, 1.54) is 12.0 Å². The average Bonchev–Trinajstić information content (AvgIpc) is 2.76. The lowest BCUT2D eigenvalue weighted by atomic mass is 9.80. The van der Waals surface area contributed by atoms with Crippen molar-refractivity contribution in [2.24, 2.45) is 0 Å². The van der Waals surface area contributed by atoms with E-state index in [-0.39, 0.29) is 5.91 Å². The molecular weight excluding hydrogens is 348 g/mol. The first-order valence-corrected chi connectivity index (χ1v) is 10.5. The SMILES string of the molecule is Cc1ccc(NC2(C(=O)N3CCN(c4ccccn4)CC3)CCCCC2)cc1. The molecule has 1 aliphatic heterocycles. The van der Waals surface area contributed by atoms with Crippen LogP contribution in [-0.4, -0.2) is 47.5 Å². The second-order valence-corrected chi connectivity index (χ2v) is 8.10. The predicted molar refractivity (Wildman–Crippen MR) is 114 cm³/mol. The van der Waals surface area contributed by atoms with Crippen LogP contribution in [0.15, 0.2) is 48.7 Å². The minimum absolute atomic E-state index is 0.272. The van der Waals surface area contributed by atoms with Gasteiger partial charge in [0.25, 0.3) is 0 Å². The van der Waals surface area contributed by atoms with E-state index in [4.69, 9.17) is 0 Å². The standard InChI is InChI=1S/C23H30N4O/c1-19-8-10-20(11-9-19)25-23(12-4-2-5-13-23)22(28)27-17-15-26(16-18-27)21-7-3-6-14-24-21/h3,6-11,14,25H,2,4-5,12-13,15-18H2,1H3. The van der Waals surface area contributed by atoms with Crippen molar-refractivity contribution < 1.29 is 4.79 Å². The Morgan fingerprint density at radius 2 is 1.68 bits per heavy atom. The van der Waals surface area contributed by atoms with E-state index in [9.17, 15) is 4.79 Å². The summed E-state index contributed by atoms with van der Waals surface area (Å²) in [5.74, 6) is 1.27. The van der Waals surface area contributed by atoms with Gasteiger partial charge in [-0.25, -0.2) is 4.98 Å². The molecule has 2 fully saturated rings. The summed E-state index contributed by atoms with van der Waals surface area (Å²) in [4.78, 5) is 22.4. The largest absolute Gasteiger partial charge is 0.371 e. The average molecular weight is 379 g/mol. The van der Waals surface area contributed by atoms with Crippen LogP contribution in [0.1, 0.15) is 37.7 Å². The van der Waals surface area contributed by atoms with E-state index in [1.807, 2.05) is 24.4 Å². The van der Waals surface area contributed by atoms with Crippen LogP contribution < -0.4 is 10.2 Å². The molecule has 2 aliphatic rings. The molecule has 1 saturated carbocycles. The third-order valence-electron chi connectivity index (χ3n) is 6.09. The zero-order valence-corrected chi connectivity index (χ0v) is 16.7. The Bertz CT molecular complexity index is 776. The molecule has 5 heteroatoms. The monoisotopic (exact) mass is 378 g/mol.